The van der Waals surface area contributed by atoms with E-state index in [2.05, 4.69) is 0 Å². The first-order valence-electron chi connectivity index (χ1n) is 6.82. The highest BCUT2D eigenvalue weighted by Crippen LogP contribution is 2.64. The fraction of sp³-hybridized carbons (Fsp3) is 0.667. The Hall–Kier alpha value is -1.65. The topological polar surface area (TPSA) is 69.7 Å². The Labute approximate surface area is 117 Å². The van der Waals surface area contributed by atoms with Gasteiger partial charge in [-0.05, 0) is 17.9 Å². The summed E-state index contributed by atoms with van der Waals surface area (Å²) < 4.78 is 10.2. The average Bonchev–Trinajstić information content (AvgIpc) is 2.51. The average molecular weight is 278 g/mol. The molecular weight excluding hydrogens is 260 g/mol. The van der Waals surface area contributed by atoms with E-state index in [9.17, 15) is 14.4 Å². The number of rotatable bonds is 1. The van der Waals surface area contributed by atoms with Gasteiger partial charge in [0.15, 0.2) is 0 Å². The molecule has 2 bridgehead atoms. The van der Waals surface area contributed by atoms with E-state index < -0.39 is 35.2 Å². The molecule has 0 radical (unpaired) electrons. The Bertz CT molecular complexity index is 559. The predicted molar refractivity (Wildman–Crippen MR) is 67.9 cm³/mol. The molecule has 20 heavy (non-hydrogen) atoms. The van der Waals surface area contributed by atoms with E-state index >= 15 is 0 Å². The molecule has 0 aromatic heterocycles. The summed E-state index contributed by atoms with van der Waals surface area (Å²) in [6.45, 7) is 7.36. The number of esters is 3. The minimum atomic E-state index is -0.532. The SMILES string of the molecule is CC(=O)OC1=CC2(C)CC(C)(C)C1C1C(=O)OC(=O)C12. The van der Waals surface area contributed by atoms with Crippen molar-refractivity contribution < 1.29 is 23.9 Å². The number of carbonyl (C=O) groups excluding carboxylic acids is 3. The van der Waals surface area contributed by atoms with Crippen LogP contribution in [-0.4, -0.2) is 17.9 Å². The number of hydrogen-bond acceptors (Lipinski definition) is 5. The van der Waals surface area contributed by atoms with Gasteiger partial charge in [0.05, 0.1) is 11.8 Å². The molecule has 2 fully saturated rings. The van der Waals surface area contributed by atoms with Crippen LogP contribution in [0.3, 0.4) is 0 Å². The molecule has 3 aliphatic carbocycles. The number of carbonyl (C=O) groups is 3. The lowest BCUT2D eigenvalue weighted by Gasteiger charge is -2.55. The van der Waals surface area contributed by atoms with Crippen LogP contribution in [0.5, 0.6) is 0 Å². The van der Waals surface area contributed by atoms with E-state index in [1.54, 1.807) is 0 Å². The summed E-state index contributed by atoms with van der Waals surface area (Å²) in [7, 11) is 0. The molecule has 5 heteroatoms. The summed E-state index contributed by atoms with van der Waals surface area (Å²) in [4.78, 5) is 35.3. The Morgan fingerprint density at radius 1 is 1.25 bits per heavy atom. The molecule has 0 aromatic rings. The molecule has 108 valence electrons. The van der Waals surface area contributed by atoms with Gasteiger partial charge in [-0.1, -0.05) is 20.8 Å². The highest BCUT2D eigenvalue weighted by atomic mass is 16.6. The van der Waals surface area contributed by atoms with Gasteiger partial charge in [-0.2, -0.15) is 0 Å². The standard InChI is InChI=1S/C15H18O5/c1-7(16)19-8-5-15(4)6-14(2,3)10(8)9-11(15)13(18)20-12(9)17/h5,9-11H,6H2,1-4H3. The van der Waals surface area contributed by atoms with Crippen LogP contribution in [0.1, 0.15) is 34.1 Å². The molecule has 1 saturated carbocycles. The predicted octanol–water partition coefficient (Wildman–Crippen LogP) is 1.82. The van der Waals surface area contributed by atoms with Crippen molar-refractivity contribution in [2.24, 2.45) is 28.6 Å². The zero-order chi connectivity index (χ0) is 14.9. The largest absolute Gasteiger partial charge is 0.431 e. The maximum absolute atomic E-state index is 12.1. The van der Waals surface area contributed by atoms with E-state index in [4.69, 9.17) is 9.47 Å². The molecule has 0 spiro atoms. The van der Waals surface area contributed by atoms with Crippen molar-refractivity contribution in [2.45, 2.75) is 34.1 Å². The number of allylic oxidation sites excluding steroid dienone is 2. The number of fused-ring (bicyclic) bond motifs is 1. The smallest absolute Gasteiger partial charge is 0.318 e. The Morgan fingerprint density at radius 3 is 2.50 bits per heavy atom. The quantitative estimate of drug-likeness (QED) is 0.540. The summed E-state index contributed by atoms with van der Waals surface area (Å²) >= 11 is 0. The number of ether oxygens (including phenoxy) is 2. The molecule has 1 heterocycles. The van der Waals surface area contributed by atoms with Crippen molar-refractivity contribution in [1.82, 2.24) is 0 Å². The lowest BCUT2D eigenvalue weighted by molar-refractivity contribution is -0.154. The van der Waals surface area contributed by atoms with Gasteiger partial charge < -0.3 is 9.47 Å². The van der Waals surface area contributed by atoms with Gasteiger partial charge in [-0.15, -0.1) is 0 Å². The molecule has 4 unspecified atom stereocenters. The molecular formula is C15H18O5. The minimum Gasteiger partial charge on any atom is -0.431 e. The molecule has 4 rings (SSSR count). The highest BCUT2D eigenvalue weighted by molar-refractivity contribution is 5.98. The second kappa shape index (κ2) is 3.71. The lowest BCUT2D eigenvalue weighted by Crippen LogP contribution is -2.55. The van der Waals surface area contributed by atoms with Gasteiger partial charge in [-0.3, -0.25) is 14.4 Å². The minimum absolute atomic E-state index is 0.223. The van der Waals surface area contributed by atoms with Crippen molar-refractivity contribution in [2.75, 3.05) is 0 Å². The monoisotopic (exact) mass is 278 g/mol. The maximum atomic E-state index is 12.1. The summed E-state index contributed by atoms with van der Waals surface area (Å²) in [5, 5.41) is 0. The van der Waals surface area contributed by atoms with E-state index in [0.29, 0.717) is 5.76 Å². The van der Waals surface area contributed by atoms with E-state index in [1.165, 1.54) is 6.92 Å². The van der Waals surface area contributed by atoms with Gasteiger partial charge in [0.2, 0.25) is 0 Å². The second-order valence-corrected chi connectivity index (χ2v) is 7.03. The van der Waals surface area contributed by atoms with Crippen LogP contribution >= 0.6 is 0 Å². The van der Waals surface area contributed by atoms with Crippen molar-refractivity contribution >= 4 is 17.9 Å². The zero-order valence-corrected chi connectivity index (χ0v) is 12.1. The summed E-state index contributed by atoms with van der Waals surface area (Å²) in [5.41, 5.74) is -0.726. The molecule has 1 aliphatic heterocycles. The van der Waals surface area contributed by atoms with Crippen LogP contribution in [0.15, 0.2) is 11.8 Å². The van der Waals surface area contributed by atoms with Crippen LogP contribution in [0.25, 0.3) is 0 Å². The Balaban J connectivity index is 2.15. The van der Waals surface area contributed by atoms with Gasteiger partial charge in [0.25, 0.3) is 0 Å². The van der Waals surface area contributed by atoms with Crippen molar-refractivity contribution in [3.8, 4) is 0 Å². The lowest BCUT2D eigenvalue weighted by atomic mass is 9.46. The van der Waals surface area contributed by atoms with Crippen molar-refractivity contribution in [1.29, 1.82) is 0 Å². The molecule has 5 nitrogen and oxygen atoms in total. The normalized spacial score (nSPS) is 41.0. The second-order valence-electron chi connectivity index (χ2n) is 7.03. The third kappa shape index (κ3) is 1.58. The molecule has 4 aliphatic rings. The van der Waals surface area contributed by atoms with E-state index in [-0.39, 0.29) is 11.3 Å². The Morgan fingerprint density at radius 2 is 1.90 bits per heavy atom. The van der Waals surface area contributed by atoms with Crippen LogP contribution in [0.2, 0.25) is 0 Å². The van der Waals surface area contributed by atoms with Gasteiger partial charge in [-0.25, -0.2) is 0 Å². The van der Waals surface area contributed by atoms with Crippen LogP contribution < -0.4 is 0 Å². The Kier molecular flexibility index (Phi) is 2.48. The molecule has 4 atom stereocenters. The number of hydrogen-bond donors (Lipinski definition) is 0. The first kappa shape index (κ1) is 13.3. The first-order chi connectivity index (χ1) is 9.16. The fourth-order valence-corrected chi connectivity index (χ4v) is 4.59. The third-order valence-corrected chi connectivity index (χ3v) is 4.87. The zero-order valence-electron chi connectivity index (χ0n) is 12.1. The van der Waals surface area contributed by atoms with Crippen LogP contribution in [0, 0.1) is 28.6 Å². The van der Waals surface area contributed by atoms with E-state index in [0.717, 1.165) is 6.42 Å². The third-order valence-electron chi connectivity index (χ3n) is 4.87. The number of cyclic esters (lactones) is 2. The van der Waals surface area contributed by atoms with Gasteiger partial charge >= 0.3 is 17.9 Å². The molecule has 1 saturated heterocycles. The van der Waals surface area contributed by atoms with Gasteiger partial charge in [0, 0.05) is 18.3 Å². The summed E-state index contributed by atoms with van der Waals surface area (Å²) in [6.07, 6.45) is 2.62. The summed E-state index contributed by atoms with van der Waals surface area (Å²) in [5.74, 6) is -2.08. The summed E-state index contributed by atoms with van der Waals surface area (Å²) in [6, 6.07) is 0. The maximum Gasteiger partial charge on any atom is 0.318 e. The van der Waals surface area contributed by atoms with Crippen LogP contribution in [0.4, 0.5) is 0 Å². The van der Waals surface area contributed by atoms with Crippen molar-refractivity contribution in [3.63, 3.8) is 0 Å². The van der Waals surface area contributed by atoms with E-state index in [1.807, 2.05) is 26.8 Å². The van der Waals surface area contributed by atoms with Crippen molar-refractivity contribution in [3.05, 3.63) is 11.8 Å². The van der Waals surface area contributed by atoms with Gasteiger partial charge in [0.1, 0.15) is 5.76 Å². The molecule has 0 N–H and O–H groups in total. The fourth-order valence-electron chi connectivity index (χ4n) is 4.59. The molecule has 0 aromatic carbocycles. The van der Waals surface area contributed by atoms with Crippen LogP contribution in [-0.2, 0) is 23.9 Å². The highest BCUT2D eigenvalue weighted by Gasteiger charge is 2.67. The first-order valence-corrected chi connectivity index (χ1v) is 6.82. The molecule has 0 amide bonds.